The van der Waals surface area contributed by atoms with E-state index in [0.717, 1.165) is 6.42 Å². The molecule has 0 unspecified atom stereocenters. The maximum atomic E-state index is 12.5. The van der Waals surface area contributed by atoms with Crippen LogP contribution in [-0.2, 0) is 9.59 Å². The summed E-state index contributed by atoms with van der Waals surface area (Å²) in [4.78, 5) is 35.9. The summed E-state index contributed by atoms with van der Waals surface area (Å²) in [6.45, 7) is 5.27. The number of anilines is 1. The molecule has 0 saturated heterocycles. The second-order valence-corrected chi connectivity index (χ2v) is 5.97. The molecule has 8 heteroatoms. The summed E-state index contributed by atoms with van der Waals surface area (Å²) in [6, 6.07) is 5.14. The molecule has 26 heavy (non-hydrogen) atoms. The van der Waals surface area contributed by atoms with E-state index in [4.69, 9.17) is 0 Å². The fraction of sp³-hybridized carbons (Fsp3) is 0.333. The molecule has 8 nitrogen and oxygen atoms in total. The van der Waals surface area contributed by atoms with E-state index in [1.54, 1.807) is 32.0 Å². The number of H-pyrrole nitrogens is 1. The molecule has 0 bridgehead atoms. The second kappa shape index (κ2) is 8.28. The monoisotopic (exact) mass is 358 g/mol. The van der Waals surface area contributed by atoms with Gasteiger partial charge < -0.3 is 15.7 Å². The van der Waals surface area contributed by atoms with E-state index in [1.807, 2.05) is 6.92 Å². The summed E-state index contributed by atoms with van der Waals surface area (Å²) in [7, 11) is 0. The first-order valence-electron chi connectivity index (χ1n) is 8.28. The number of aromatic amines is 1. The third-order valence-corrected chi connectivity index (χ3v) is 3.88. The number of carbonyl (C=O) groups is 3. The lowest BCUT2D eigenvalue weighted by Gasteiger charge is -2.15. The molecule has 0 saturated carbocycles. The second-order valence-electron chi connectivity index (χ2n) is 5.97. The smallest absolute Gasteiger partial charge is 0.331 e. The number of aliphatic carboxylic acids is 1. The largest absolute Gasteiger partial charge is 0.479 e. The maximum Gasteiger partial charge on any atom is 0.331 e. The molecule has 138 valence electrons. The molecule has 2 amide bonds. The minimum absolute atomic E-state index is 0.141. The quantitative estimate of drug-likeness (QED) is 0.605. The van der Waals surface area contributed by atoms with Crippen molar-refractivity contribution in [2.75, 3.05) is 5.32 Å². The van der Waals surface area contributed by atoms with E-state index in [2.05, 4.69) is 20.8 Å². The number of aromatic nitrogens is 2. The fourth-order valence-corrected chi connectivity index (χ4v) is 2.65. The standard InChI is InChI=1S/C18H22N4O4/c1-4-6-14(23)19-13-8-5-7-12(9-13)17(24)20-16(18(25)26)15-10(2)21-22-11(15)3/h5,7-9,16H,4,6H2,1-3H3,(H,19,23)(H,20,24)(H,21,22)(H,25,26)/t16-/m1/s1. The van der Waals surface area contributed by atoms with Crippen LogP contribution in [0.5, 0.6) is 0 Å². The van der Waals surface area contributed by atoms with Gasteiger partial charge in [-0.05, 0) is 38.5 Å². The van der Waals surface area contributed by atoms with Crippen molar-refractivity contribution in [1.82, 2.24) is 15.5 Å². The number of benzene rings is 1. The molecule has 2 aromatic rings. The van der Waals surface area contributed by atoms with Gasteiger partial charge in [0.15, 0.2) is 6.04 Å². The van der Waals surface area contributed by atoms with Crippen LogP contribution < -0.4 is 10.6 Å². The van der Waals surface area contributed by atoms with Crippen LogP contribution in [0.4, 0.5) is 5.69 Å². The lowest BCUT2D eigenvalue weighted by molar-refractivity contribution is -0.139. The van der Waals surface area contributed by atoms with Gasteiger partial charge >= 0.3 is 5.97 Å². The van der Waals surface area contributed by atoms with Crippen LogP contribution in [0.2, 0.25) is 0 Å². The lowest BCUT2D eigenvalue weighted by Crippen LogP contribution is -2.34. The zero-order valence-corrected chi connectivity index (χ0v) is 14.9. The highest BCUT2D eigenvalue weighted by Crippen LogP contribution is 2.21. The topological polar surface area (TPSA) is 124 Å². The Bertz CT molecular complexity index is 809. The molecule has 1 heterocycles. The zero-order valence-electron chi connectivity index (χ0n) is 14.9. The van der Waals surface area contributed by atoms with E-state index < -0.39 is 17.9 Å². The molecule has 1 atom stereocenters. The van der Waals surface area contributed by atoms with Gasteiger partial charge in [0.2, 0.25) is 5.91 Å². The van der Waals surface area contributed by atoms with Crippen LogP contribution in [0.25, 0.3) is 0 Å². The number of hydrogen-bond donors (Lipinski definition) is 4. The number of carbonyl (C=O) groups excluding carboxylic acids is 2. The number of nitrogens with zero attached hydrogens (tertiary/aromatic N) is 1. The molecule has 4 N–H and O–H groups in total. The number of aryl methyl sites for hydroxylation is 2. The average Bonchev–Trinajstić information content (AvgIpc) is 2.91. The van der Waals surface area contributed by atoms with Crippen molar-refractivity contribution in [3.8, 4) is 0 Å². The van der Waals surface area contributed by atoms with Gasteiger partial charge in [0.25, 0.3) is 5.91 Å². The summed E-state index contributed by atoms with van der Waals surface area (Å²) < 4.78 is 0. The Morgan fingerprint density at radius 3 is 2.58 bits per heavy atom. The zero-order chi connectivity index (χ0) is 19.3. The van der Waals surface area contributed by atoms with Crippen LogP contribution in [0.1, 0.15) is 53.1 Å². The van der Waals surface area contributed by atoms with E-state index >= 15 is 0 Å². The van der Waals surface area contributed by atoms with Crippen LogP contribution in [0.3, 0.4) is 0 Å². The molecular formula is C18H22N4O4. The van der Waals surface area contributed by atoms with E-state index in [9.17, 15) is 19.5 Å². The third-order valence-electron chi connectivity index (χ3n) is 3.88. The number of rotatable bonds is 7. The van der Waals surface area contributed by atoms with Crippen molar-refractivity contribution in [3.63, 3.8) is 0 Å². The van der Waals surface area contributed by atoms with Crippen molar-refractivity contribution in [1.29, 1.82) is 0 Å². The fourth-order valence-electron chi connectivity index (χ4n) is 2.65. The van der Waals surface area contributed by atoms with E-state index in [0.29, 0.717) is 29.1 Å². The first-order chi connectivity index (χ1) is 12.3. The van der Waals surface area contributed by atoms with Crippen LogP contribution in [0, 0.1) is 13.8 Å². The Kier molecular flexibility index (Phi) is 6.11. The molecular weight excluding hydrogens is 336 g/mol. The Morgan fingerprint density at radius 1 is 1.27 bits per heavy atom. The summed E-state index contributed by atoms with van der Waals surface area (Å²) in [5.41, 5.74) is 2.26. The van der Waals surface area contributed by atoms with Gasteiger partial charge in [0.1, 0.15) is 0 Å². The normalized spacial score (nSPS) is 11.7. The van der Waals surface area contributed by atoms with Gasteiger partial charge in [0, 0.05) is 28.9 Å². The van der Waals surface area contributed by atoms with Crippen LogP contribution in [-0.4, -0.2) is 33.1 Å². The summed E-state index contributed by atoms with van der Waals surface area (Å²) in [6.07, 6.45) is 1.10. The highest BCUT2D eigenvalue weighted by molar-refractivity contribution is 5.99. The summed E-state index contributed by atoms with van der Waals surface area (Å²) in [5, 5.41) is 21.4. The summed E-state index contributed by atoms with van der Waals surface area (Å²) in [5.74, 6) is -1.87. The predicted octanol–water partition coefficient (Wildman–Crippen LogP) is 2.32. The van der Waals surface area contributed by atoms with Gasteiger partial charge in [-0.15, -0.1) is 0 Å². The molecule has 1 aromatic carbocycles. The molecule has 0 aliphatic carbocycles. The molecule has 0 radical (unpaired) electrons. The van der Waals surface area contributed by atoms with Crippen molar-refractivity contribution in [2.24, 2.45) is 0 Å². The van der Waals surface area contributed by atoms with Crippen LogP contribution in [0.15, 0.2) is 24.3 Å². The minimum atomic E-state index is -1.22. The van der Waals surface area contributed by atoms with E-state index in [1.165, 1.54) is 6.07 Å². The first kappa shape index (κ1) is 19.2. The average molecular weight is 358 g/mol. The molecule has 1 aromatic heterocycles. The number of hydrogen-bond acceptors (Lipinski definition) is 4. The molecule has 0 aliphatic heterocycles. The minimum Gasteiger partial charge on any atom is -0.479 e. The predicted molar refractivity (Wildman–Crippen MR) is 95.9 cm³/mol. The number of amides is 2. The number of carboxylic acid groups (broad SMARTS) is 1. The molecule has 0 aliphatic rings. The number of nitrogens with one attached hydrogen (secondary N) is 3. The van der Waals surface area contributed by atoms with Crippen LogP contribution >= 0.6 is 0 Å². The van der Waals surface area contributed by atoms with Crippen molar-refractivity contribution < 1.29 is 19.5 Å². The van der Waals surface area contributed by atoms with E-state index in [-0.39, 0.29) is 11.5 Å². The lowest BCUT2D eigenvalue weighted by atomic mass is 10.0. The van der Waals surface area contributed by atoms with Crippen molar-refractivity contribution in [2.45, 2.75) is 39.7 Å². The summed E-state index contributed by atoms with van der Waals surface area (Å²) >= 11 is 0. The van der Waals surface area contributed by atoms with Crippen molar-refractivity contribution in [3.05, 3.63) is 46.8 Å². The molecule has 0 spiro atoms. The van der Waals surface area contributed by atoms with Gasteiger partial charge in [0.05, 0.1) is 5.69 Å². The van der Waals surface area contributed by atoms with Gasteiger partial charge in [-0.3, -0.25) is 14.7 Å². The molecule has 2 rings (SSSR count). The Morgan fingerprint density at radius 2 is 2.00 bits per heavy atom. The number of carboxylic acids is 1. The Balaban J connectivity index is 2.20. The van der Waals surface area contributed by atoms with Gasteiger partial charge in [-0.2, -0.15) is 5.10 Å². The highest BCUT2D eigenvalue weighted by Gasteiger charge is 2.27. The SMILES string of the molecule is CCCC(=O)Nc1cccc(C(=O)N[C@@H](C(=O)O)c2c(C)n[nH]c2C)c1. The third kappa shape index (κ3) is 4.47. The van der Waals surface area contributed by atoms with Crippen molar-refractivity contribution >= 4 is 23.5 Å². The van der Waals surface area contributed by atoms with Gasteiger partial charge in [-0.25, -0.2) is 4.79 Å². The van der Waals surface area contributed by atoms with Gasteiger partial charge in [-0.1, -0.05) is 13.0 Å². The Hall–Kier alpha value is -3.16. The highest BCUT2D eigenvalue weighted by atomic mass is 16.4. The first-order valence-corrected chi connectivity index (χ1v) is 8.28. The maximum absolute atomic E-state index is 12.5. The molecule has 0 fully saturated rings. The Labute approximate surface area is 151 Å².